The molecule has 6 heteroatoms. The van der Waals surface area contributed by atoms with Crippen molar-refractivity contribution in [2.45, 2.75) is 13.0 Å². The fraction of sp³-hybridized carbons (Fsp3) is 0.231. The molecule has 2 aromatic rings. The number of benzene rings is 1. The van der Waals surface area contributed by atoms with Gasteiger partial charge in [0.25, 0.3) is 0 Å². The summed E-state index contributed by atoms with van der Waals surface area (Å²) in [7, 11) is 1.57. The van der Waals surface area contributed by atoms with Crippen LogP contribution in [0.3, 0.4) is 0 Å². The van der Waals surface area contributed by atoms with Crippen molar-refractivity contribution in [3.05, 3.63) is 52.6 Å². The molecular formula is C13H15ClN4O. The van der Waals surface area contributed by atoms with Crippen molar-refractivity contribution in [1.29, 1.82) is 0 Å². The quantitative estimate of drug-likeness (QED) is 0.661. The molecule has 5 nitrogen and oxygen atoms in total. The maximum absolute atomic E-state index is 6.01. The molecule has 0 spiro atoms. The molecule has 3 N–H and O–H groups in total. The van der Waals surface area contributed by atoms with E-state index in [9.17, 15) is 0 Å². The van der Waals surface area contributed by atoms with Gasteiger partial charge >= 0.3 is 0 Å². The molecule has 0 saturated heterocycles. The maximum Gasteiger partial charge on any atom is 0.137 e. The first-order valence-electron chi connectivity index (χ1n) is 5.74. The summed E-state index contributed by atoms with van der Waals surface area (Å²) in [5.41, 5.74) is 5.22. The van der Waals surface area contributed by atoms with Crippen LogP contribution in [0.4, 0.5) is 0 Å². The molecule has 1 atom stereocenters. The van der Waals surface area contributed by atoms with Gasteiger partial charge in [0.05, 0.1) is 35.8 Å². The molecule has 1 aromatic carbocycles. The number of ether oxygens (including phenoxy) is 1. The summed E-state index contributed by atoms with van der Waals surface area (Å²) in [6.07, 6.45) is 3.40. The number of rotatable bonds is 4. The normalized spacial score (nSPS) is 12.2. The third kappa shape index (κ3) is 3.01. The van der Waals surface area contributed by atoms with Crippen molar-refractivity contribution in [2.24, 2.45) is 5.84 Å². The van der Waals surface area contributed by atoms with Crippen LogP contribution in [0.2, 0.25) is 5.02 Å². The van der Waals surface area contributed by atoms with E-state index in [1.54, 1.807) is 25.6 Å². The van der Waals surface area contributed by atoms with Crippen molar-refractivity contribution >= 4 is 11.6 Å². The maximum atomic E-state index is 6.01. The Balaban J connectivity index is 2.39. The largest absolute Gasteiger partial charge is 0.495 e. The SMILES string of the molecule is COc1cc(C(NN)c2cnc(C)cn2)ccc1Cl. The molecule has 0 aliphatic carbocycles. The van der Waals surface area contributed by atoms with E-state index in [1.807, 2.05) is 19.1 Å². The van der Waals surface area contributed by atoms with Gasteiger partial charge in [0.15, 0.2) is 0 Å². The van der Waals surface area contributed by atoms with E-state index >= 15 is 0 Å². The minimum atomic E-state index is -0.265. The highest BCUT2D eigenvalue weighted by atomic mass is 35.5. The van der Waals surface area contributed by atoms with Crippen molar-refractivity contribution in [2.75, 3.05) is 7.11 Å². The first-order chi connectivity index (χ1) is 9.15. The number of nitrogens with one attached hydrogen (secondary N) is 1. The zero-order valence-electron chi connectivity index (χ0n) is 10.7. The fourth-order valence-corrected chi connectivity index (χ4v) is 1.95. The number of hydrogen-bond acceptors (Lipinski definition) is 5. The van der Waals surface area contributed by atoms with Crippen molar-refractivity contribution in [3.63, 3.8) is 0 Å². The Kier molecular flexibility index (Phi) is 4.31. The Bertz CT molecular complexity index is 559. The van der Waals surface area contributed by atoms with Crippen LogP contribution in [0.25, 0.3) is 0 Å². The molecule has 100 valence electrons. The van der Waals surface area contributed by atoms with Crippen LogP contribution in [-0.4, -0.2) is 17.1 Å². The van der Waals surface area contributed by atoms with Crippen molar-refractivity contribution in [3.8, 4) is 5.75 Å². The van der Waals surface area contributed by atoms with E-state index in [0.717, 1.165) is 17.0 Å². The average Bonchev–Trinajstić information content (AvgIpc) is 2.43. The van der Waals surface area contributed by atoms with Gasteiger partial charge in [-0.25, -0.2) is 5.43 Å². The molecule has 0 saturated carbocycles. The van der Waals surface area contributed by atoms with E-state index in [1.165, 1.54) is 0 Å². The third-order valence-electron chi connectivity index (χ3n) is 2.77. The number of nitrogens with two attached hydrogens (primary N) is 1. The monoisotopic (exact) mass is 278 g/mol. The van der Waals surface area contributed by atoms with Gasteiger partial charge in [-0.15, -0.1) is 0 Å². The number of methoxy groups -OCH3 is 1. The van der Waals surface area contributed by atoms with Crippen LogP contribution < -0.4 is 16.0 Å². The smallest absolute Gasteiger partial charge is 0.137 e. The Hall–Kier alpha value is -1.69. The third-order valence-corrected chi connectivity index (χ3v) is 3.08. The average molecular weight is 279 g/mol. The van der Waals surface area contributed by atoms with E-state index in [-0.39, 0.29) is 6.04 Å². The van der Waals surface area contributed by atoms with E-state index in [2.05, 4.69) is 15.4 Å². The molecule has 0 radical (unpaired) electrons. The zero-order chi connectivity index (χ0) is 13.8. The number of nitrogens with zero attached hydrogens (tertiary/aromatic N) is 2. The molecule has 0 aliphatic heterocycles. The molecule has 19 heavy (non-hydrogen) atoms. The lowest BCUT2D eigenvalue weighted by Gasteiger charge is -2.16. The molecule has 0 fully saturated rings. The molecule has 1 heterocycles. The summed E-state index contributed by atoms with van der Waals surface area (Å²) in [5, 5.41) is 0.553. The number of halogens is 1. The minimum absolute atomic E-state index is 0.265. The van der Waals surface area contributed by atoms with Crippen LogP contribution in [0.15, 0.2) is 30.6 Å². The summed E-state index contributed by atoms with van der Waals surface area (Å²) in [6, 6.07) is 5.20. The number of hydrazine groups is 1. The van der Waals surface area contributed by atoms with E-state index in [0.29, 0.717) is 10.8 Å². The second kappa shape index (κ2) is 5.97. The van der Waals surface area contributed by atoms with Crippen molar-refractivity contribution in [1.82, 2.24) is 15.4 Å². The van der Waals surface area contributed by atoms with Crippen LogP contribution >= 0.6 is 11.6 Å². The Morgan fingerprint density at radius 2 is 2.11 bits per heavy atom. The van der Waals surface area contributed by atoms with Crippen LogP contribution in [-0.2, 0) is 0 Å². The van der Waals surface area contributed by atoms with Gasteiger partial charge in [-0.1, -0.05) is 17.7 Å². The van der Waals surface area contributed by atoms with Gasteiger partial charge in [0.1, 0.15) is 5.75 Å². The molecule has 0 bridgehead atoms. The van der Waals surface area contributed by atoms with Gasteiger partial charge < -0.3 is 4.74 Å². The first-order valence-corrected chi connectivity index (χ1v) is 6.11. The molecule has 2 rings (SSSR count). The predicted octanol–water partition coefficient (Wildman–Crippen LogP) is 2.00. The lowest BCUT2D eigenvalue weighted by atomic mass is 10.0. The fourth-order valence-electron chi connectivity index (χ4n) is 1.76. The van der Waals surface area contributed by atoms with E-state index < -0.39 is 0 Å². The second-order valence-corrected chi connectivity index (χ2v) is 4.48. The number of hydrogen-bond donors (Lipinski definition) is 2. The van der Waals surface area contributed by atoms with Crippen LogP contribution in [0.1, 0.15) is 23.0 Å². The summed E-state index contributed by atoms with van der Waals surface area (Å²) < 4.78 is 5.20. The summed E-state index contributed by atoms with van der Waals surface area (Å²) in [4.78, 5) is 8.54. The lowest BCUT2D eigenvalue weighted by Crippen LogP contribution is -2.29. The van der Waals surface area contributed by atoms with Crippen molar-refractivity contribution < 1.29 is 4.74 Å². The summed E-state index contributed by atoms with van der Waals surface area (Å²) in [6.45, 7) is 1.88. The second-order valence-electron chi connectivity index (χ2n) is 4.08. The zero-order valence-corrected chi connectivity index (χ0v) is 11.5. The molecule has 0 amide bonds. The Morgan fingerprint density at radius 1 is 1.32 bits per heavy atom. The van der Waals surface area contributed by atoms with Gasteiger partial charge in [0.2, 0.25) is 0 Å². The number of aromatic nitrogens is 2. The Morgan fingerprint density at radius 3 is 2.68 bits per heavy atom. The van der Waals surface area contributed by atoms with Gasteiger partial charge in [-0.2, -0.15) is 0 Å². The predicted molar refractivity (Wildman–Crippen MR) is 73.9 cm³/mol. The minimum Gasteiger partial charge on any atom is -0.495 e. The molecule has 1 unspecified atom stereocenters. The standard InChI is InChI=1S/C13H15ClN4O/c1-8-6-17-11(7-16-8)13(18-15)9-3-4-10(14)12(5-9)19-2/h3-7,13,18H,15H2,1-2H3. The van der Waals surface area contributed by atoms with Gasteiger partial charge in [-0.05, 0) is 24.6 Å². The highest BCUT2D eigenvalue weighted by Gasteiger charge is 2.16. The van der Waals surface area contributed by atoms with Gasteiger partial charge in [-0.3, -0.25) is 15.8 Å². The number of aryl methyl sites for hydroxylation is 1. The topological polar surface area (TPSA) is 73.1 Å². The Labute approximate surface area is 116 Å². The molecule has 0 aliphatic rings. The summed E-state index contributed by atoms with van der Waals surface area (Å²) >= 11 is 6.01. The highest BCUT2D eigenvalue weighted by Crippen LogP contribution is 2.29. The van der Waals surface area contributed by atoms with Gasteiger partial charge in [0, 0.05) is 6.20 Å². The molecular weight excluding hydrogens is 264 g/mol. The first kappa shape index (κ1) is 13.7. The van der Waals surface area contributed by atoms with Crippen LogP contribution in [0.5, 0.6) is 5.75 Å². The van der Waals surface area contributed by atoms with E-state index in [4.69, 9.17) is 22.2 Å². The lowest BCUT2D eigenvalue weighted by molar-refractivity contribution is 0.414. The molecule has 1 aromatic heterocycles. The highest BCUT2D eigenvalue weighted by molar-refractivity contribution is 6.32. The summed E-state index contributed by atoms with van der Waals surface area (Å²) in [5.74, 6) is 6.21. The van der Waals surface area contributed by atoms with Crippen LogP contribution in [0, 0.1) is 6.92 Å².